The average molecular weight is 411 g/mol. The van der Waals surface area contributed by atoms with E-state index >= 15 is 0 Å². The lowest BCUT2D eigenvalue weighted by atomic mass is 10.0. The second-order valence-corrected chi connectivity index (χ2v) is 8.00. The largest absolute Gasteiger partial charge is 0.494 e. The van der Waals surface area contributed by atoms with Gasteiger partial charge in [-0.1, -0.05) is 88.8 Å². The van der Waals surface area contributed by atoms with Crippen LogP contribution in [0.25, 0.3) is 11.1 Å². The monoisotopic (exact) mass is 410 g/mol. The van der Waals surface area contributed by atoms with Crippen LogP contribution >= 0.6 is 0 Å². The van der Waals surface area contributed by atoms with E-state index in [1.807, 2.05) is 31.2 Å². The quantitative estimate of drug-likeness (QED) is 0.235. The molecule has 0 bridgehead atoms. The minimum atomic E-state index is -0.221. The standard InChI is InChI=1S/C27H38O3/c1-4-6-8-9-10-11-21-29-26-19-17-25(18-20-26)24-15-13-23(14-16-24)22(3)30-27(28)12-7-5-2/h13-20,22H,4-12,21H2,1-3H3. The van der Waals surface area contributed by atoms with Crippen molar-refractivity contribution in [1.82, 2.24) is 0 Å². The number of carbonyl (C=O) groups excluding carboxylic acids is 1. The van der Waals surface area contributed by atoms with Crippen LogP contribution in [-0.2, 0) is 9.53 Å². The molecular weight excluding hydrogens is 372 g/mol. The lowest BCUT2D eigenvalue weighted by Crippen LogP contribution is -2.08. The van der Waals surface area contributed by atoms with E-state index in [4.69, 9.17) is 9.47 Å². The number of hydrogen-bond acceptors (Lipinski definition) is 3. The van der Waals surface area contributed by atoms with Crippen molar-refractivity contribution in [1.29, 1.82) is 0 Å². The van der Waals surface area contributed by atoms with Gasteiger partial charge in [-0.05, 0) is 48.6 Å². The summed E-state index contributed by atoms with van der Waals surface area (Å²) in [5.41, 5.74) is 3.31. The first-order valence-corrected chi connectivity index (χ1v) is 11.7. The van der Waals surface area contributed by atoms with Gasteiger partial charge in [0.05, 0.1) is 6.61 Å². The minimum absolute atomic E-state index is 0.120. The van der Waals surface area contributed by atoms with E-state index in [-0.39, 0.29) is 12.1 Å². The third kappa shape index (κ3) is 8.61. The van der Waals surface area contributed by atoms with Crippen LogP contribution in [0.4, 0.5) is 0 Å². The predicted molar refractivity (Wildman–Crippen MR) is 125 cm³/mol. The van der Waals surface area contributed by atoms with Crippen molar-refractivity contribution in [3.63, 3.8) is 0 Å². The second kappa shape index (κ2) is 13.8. The Balaban J connectivity index is 1.80. The van der Waals surface area contributed by atoms with Gasteiger partial charge in [-0.2, -0.15) is 0 Å². The van der Waals surface area contributed by atoms with E-state index < -0.39 is 0 Å². The average Bonchev–Trinajstić information content (AvgIpc) is 2.77. The van der Waals surface area contributed by atoms with Gasteiger partial charge in [0.2, 0.25) is 0 Å². The zero-order chi connectivity index (χ0) is 21.6. The zero-order valence-corrected chi connectivity index (χ0v) is 19.0. The lowest BCUT2D eigenvalue weighted by molar-refractivity contribution is -0.148. The summed E-state index contributed by atoms with van der Waals surface area (Å²) < 4.78 is 11.4. The molecule has 3 heteroatoms. The molecule has 0 aromatic heterocycles. The molecule has 0 fully saturated rings. The minimum Gasteiger partial charge on any atom is -0.494 e. The van der Waals surface area contributed by atoms with Crippen LogP contribution in [0.5, 0.6) is 5.75 Å². The number of carbonyl (C=O) groups is 1. The number of esters is 1. The molecule has 1 unspecified atom stereocenters. The van der Waals surface area contributed by atoms with Gasteiger partial charge in [-0.25, -0.2) is 0 Å². The molecule has 0 radical (unpaired) electrons. The van der Waals surface area contributed by atoms with E-state index in [0.717, 1.165) is 48.3 Å². The topological polar surface area (TPSA) is 35.5 Å². The summed E-state index contributed by atoms with van der Waals surface area (Å²) in [6.07, 6.45) is 9.79. The fraction of sp³-hybridized carbons (Fsp3) is 0.519. The highest BCUT2D eigenvalue weighted by atomic mass is 16.5. The van der Waals surface area contributed by atoms with Crippen LogP contribution in [-0.4, -0.2) is 12.6 Å². The number of benzene rings is 2. The number of rotatable bonds is 14. The highest BCUT2D eigenvalue weighted by molar-refractivity contribution is 5.69. The molecule has 2 aromatic rings. The van der Waals surface area contributed by atoms with Crippen LogP contribution in [0.15, 0.2) is 48.5 Å². The van der Waals surface area contributed by atoms with Crippen LogP contribution < -0.4 is 4.74 Å². The number of ether oxygens (including phenoxy) is 2. The summed E-state index contributed by atoms with van der Waals surface area (Å²) in [6.45, 7) is 7.03. The summed E-state index contributed by atoms with van der Waals surface area (Å²) in [5, 5.41) is 0. The first-order valence-electron chi connectivity index (χ1n) is 11.7. The molecule has 0 saturated carbocycles. The Morgan fingerprint density at radius 1 is 0.767 bits per heavy atom. The number of hydrogen-bond donors (Lipinski definition) is 0. The van der Waals surface area contributed by atoms with Crippen molar-refractivity contribution in [2.75, 3.05) is 6.61 Å². The van der Waals surface area contributed by atoms with Gasteiger partial charge < -0.3 is 9.47 Å². The molecule has 0 aliphatic carbocycles. The van der Waals surface area contributed by atoms with Crippen molar-refractivity contribution in [2.24, 2.45) is 0 Å². The molecule has 3 nitrogen and oxygen atoms in total. The van der Waals surface area contributed by atoms with Crippen LogP contribution in [0.2, 0.25) is 0 Å². The normalized spacial score (nSPS) is 11.8. The Bertz CT molecular complexity index is 719. The van der Waals surface area contributed by atoms with E-state index in [1.54, 1.807) is 0 Å². The van der Waals surface area contributed by atoms with Gasteiger partial charge in [-0.15, -0.1) is 0 Å². The van der Waals surface area contributed by atoms with Gasteiger partial charge in [0.25, 0.3) is 0 Å². The molecule has 1 atom stereocenters. The fourth-order valence-corrected chi connectivity index (χ4v) is 3.41. The maximum absolute atomic E-state index is 11.8. The van der Waals surface area contributed by atoms with Crippen molar-refractivity contribution < 1.29 is 14.3 Å². The summed E-state index contributed by atoms with van der Waals surface area (Å²) in [7, 11) is 0. The third-order valence-corrected chi connectivity index (χ3v) is 5.38. The Labute approximate surface area is 182 Å². The van der Waals surface area contributed by atoms with Crippen molar-refractivity contribution in [3.05, 3.63) is 54.1 Å². The second-order valence-electron chi connectivity index (χ2n) is 8.00. The molecular formula is C27H38O3. The smallest absolute Gasteiger partial charge is 0.306 e. The molecule has 0 heterocycles. The van der Waals surface area contributed by atoms with E-state index in [0.29, 0.717) is 6.42 Å². The fourth-order valence-electron chi connectivity index (χ4n) is 3.41. The summed E-state index contributed by atoms with van der Waals surface area (Å²) >= 11 is 0. The van der Waals surface area contributed by atoms with Gasteiger partial charge >= 0.3 is 5.97 Å². The molecule has 0 spiro atoms. The van der Waals surface area contributed by atoms with Crippen LogP contribution in [0, 0.1) is 0 Å². The Hall–Kier alpha value is -2.29. The Kier molecular flexibility index (Phi) is 11.1. The third-order valence-electron chi connectivity index (χ3n) is 5.38. The first kappa shape index (κ1) is 24.0. The summed E-state index contributed by atoms with van der Waals surface area (Å²) in [4.78, 5) is 11.8. The summed E-state index contributed by atoms with van der Waals surface area (Å²) in [5.74, 6) is 0.807. The highest BCUT2D eigenvalue weighted by Gasteiger charge is 2.11. The molecule has 0 N–H and O–H groups in total. The maximum Gasteiger partial charge on any atom is 0.306 e. The van der Waals surface area contributed by atoms with Crippen LogP contribution in [0.1, 0.15) is 90.2 Å². The maximum atomic E-state index is 11.8. The van der Waals surface area contributed by atoms with Crippen molar-refractivity contribution >= 4 is 5.97 Å². The van der Waals surface area contributed by atoms with Crippen molar-refractivity contribution in [3.8, 4) is 16.9 Å². The predicted octanol–water partition coefficient (Wildman–Crippen LogP) is 7.89. The molecule has 0 amide bonds. The zero-order valence-electron chi connectivity index (χ0n) is 19.0. The van der Waals surface area contributed by atoms with E-state index in [2.05, 4.69) is 38.1 Å². The number of unbranched alkanes of at least 4 members (excludes halogenated alkanes) is 6. The van der Waals surface area contributed by atoms with Crippen molar-refractivity contribution in [2.45, 2.75) is 84.7 Å². The molecule has 2 aromatic carbocycles. The lowest BCUT2D eigenvalue weighted by Gasteiger charge is -2.14. The van der Waals surface area contributed by atoms with E-state index in [9.17, 15) is 4.79 Å². The molecule has 0 saturated heterocycles. The van der Waals surface area contributed by atoms with Gasteiger partial charge in [0.15, 0.2) is 0 Å². The van der Waals surface area contributed by atoms with Gasteiger partial charge in [0, 0.05) is 6.42 Å². The Morgan fingerprint density at radius 2 is 1.33 bits per heavy atom. The first-order chi connectivity index (χ1) is 14.6. The summed E-state index contributed by atoms with van der Waals surface area (Å²) in [6, 6.07) is 16.5. The van der Waals surface area contributed by atoms with Gasteiger partial charge in [-0.3, -0.25) is 4.79 Å². The van der Waals surface area contributed by atoms with Crippen LogP contribution in [0.3, 0.4) is 0 Å². The molecule has 0 aliphatic rings. The van der Waals surface area contributed by atoms with E-state index in [1.165, 1.54) is 32.1 Å². The van der Waals surface area contributed by atoms with Gasteiger partial charge in [0.1, 0.15) is 11.9 Å². The molecule has 0 aliphatic heterocycles. The SMILES string of the molecule is CCCCCCCCOc1ccc(-c2ccc(C(C)OC(=O)CCCC)cc2)cc1. The highest BCUT2D eigenvalue weighted by Crippen LogP contribution is 2.25. The molecule has 30 heavy (non-hydrogen) atoms. The molecule has 2 rings (SSSR count). The molecule has 164 valence electrons. The Morgan fingerprint density at radius 3 is 1.97 bits per heavy atom.